The summed E-state index contributed by atoms with van der Waals surface area (Å²) in [5, 5.41) is 2.92. The van der Waals surface area contributed by atoms with Gasteiger partial charge in [0, 0.05) is 0 Å². The summed E-state index contributed by atoms with van der Waals surface area (Å²) in [5.74, 6) is 6.22. The van der Waals surface area contributed by atoms with Crippen LogP contribution in [0.2, 0.25) is 0 Å². The summed E-state index contributed by atoms with van der Waals surface area (Å²) in [6.45, 7) is 0.528. The Balaban J connectivity index is 2.50. The number of anilines is 2. The number of ether oxygens (including phenoxy) is 1. The number of carbonyl (C=O) groups is 1. The van der Waals surface area contributed by atoms with Gasteiger partial charge in [-0.15, -0.1) is 0 Å². The molecule has 0 spiro atoms. The molecule has 6 N–H and O–H groups in total. The predicted octanol–water partition coefficient (Wildman–Crippen LogP) is 0.0319. The first-order chi connectivity index (χ1) is 7.65. The second kappa shape index (κ2) is 6.08. The fourth-order valence-corrected chi connectivity index (χ4v) is 1.37. The van der Waals surface area contributed by atoms with Gasteiger partial charge in [0.25, 0.3) is 0 Å². The van der Waals surface area contributed by atoms with E-state index < -0.39 is 6.09 Å². The van der Waals surface area contributed by atoms with Gasteiger partial charge >= 0.3 is 6.09 Å². The zero-order valence-corrected chi connectivity index (χ0v) is 9.82. The van der Waals surface area contributed by atoms with Gasteiger partial charge < -0.3 is 21.2 Å². The van der Waals surface area contributed by atoms with Gasteiger partial charge in [0.1, 0.15) is 23.2 Å². The molecule has 88 valence electrons. The van der Waals surface area contributed by atoms with E-state index in [1.165, 1.54) is 6.33 Å². The number of carbonyl (C=O) groups excluding carboxylic acids is 1. The average molecular weight is 291 g/mol. The number of halogens is 1. The molecule has 0 radical (unpaired) electrons. The van der Waals surface area contributed by atoms with E-state index in [4.69, 9.17) is 11.6 Å². The first-order valence-corrected chi connectivity index (χ1v) is 5.07. The average Bonchev–Trinajstić information content (AvgIpc) is 2.26. The molecule has 0 atom stereocenters. The lowest BCUT2D eigenvalue weighted by atomic mass is 10.5. The maximum atomic E-state index is 10.3. The van der Waals surface area contributed by atoms with Crippen LogP contribution in [0.1, 0.15) is 0 Å². The van der Waals surface area contributed by atoms with Gasteiger partial charge in [-0.2, -0.15) is 0 Å². The molecule has 0 aromatic carbocycles. The Morgan fingerprint density at radius 2 is 2.19 bits per heavy atom. The fourth-order valence-electron chi connectivity index (χ4n) is 0.915. The standard InChI is InChI=1S/C7H11BrN6O2/c8-4-5(11-1-2-16-7(9)15)12-3-13-6(4)14-10/h3H,1-2,10H2,(H2,9,15)(H2,11,12,13,14). The Morgan fingerprint density at radius 1 is 1.50 bits per heavy atom. The third-order valence-corrected chi connectivity index (χ3v) is 2.32. The third-order valence-electron chi connectivity index (χ3n) is 1.57. The maximum Gasteiger partial charge on any atom is 0.404 e. The molecule has 0 saturated heterocycles. The number of nitrogens with zero attached hydrogens (tertiary/aromatic N) is 2. The number of rotatable bonds is 5. The quantitative estimate of drug-likeness (QED) is 0.342. The predicted molar refractivity (Wildman–Crippen MR) is 61.6 cm³/mol. The van der Waals surface area contributed by atoms with Crippen LogP contribution < -0.4 is 22.3 Å². The summed E-state index contributed by atoms with van der Waals surface area (Å²) in [7, 11) is 0. The fraction of sp³-hybridized carbons (Fsp3) is 0.286. The van der Waals surface area contributed by atoms with Crippen molar-refractivity contribution in [3.63, 3.8) is 0 Å². The molecule has 0 aliphatic rings. The molecule has 1 aromatic heterocycles. The summed E-state index contributed by atoms with van der Waals surface area (Å²) in [6.07, 6.45) is 0.532. The van der Waals surface area contributed by atoms with Crippen molar-refractivity contribution < 1.29 is 9.53 Å². The van der Waals surface area contributed by atoms with Crippen LogP contribution in [-0.4, -0.2) is 29.2 Å². The van der Waals surface area contributed by atoms with Crippen molar-refractivity contribution in [2.45, 2.75) is 0 Å². The van der Waals surface area contributed by atoms with Gasteiger partial charge in [-0.05, 0) is 15.9 Å². The number of amides is 1. The molecule has 1 amide bonds. The van der Waals surface area contributed by atoms with Crippen molar-refractivity contribution in [3.05, 3.63) is 10.8 Å². The maximum absolute atomic E-state index is 10.3. The summed E-state index contributed by atoms with van der Waals surface area (Å²) >= 11 is 3.26. The van der Waals surface area contributed by atoms with Crippen LogP contribution >= 0.6 is 15.9 Å². The summed E-state index contributed by atoms with van der Waals surface area (Å²) in [5.41, 5.74) is 7.20. The molecule has 0 fully saturated rings. The monoisotopic (exact) mass is 290 g/mol. The number of hydrogen-bond acceptors (Lipinski definition) is 7. The third kappa shape index (κ3) is 3.51. The molecule has 8 nitrogen and oxygen atoms in total. The van der Waals surface area contributed by atoms with Gasteiger partial charge in [-0.3, -0.25) is 0 Å². The Labute approximate surface area is 99.9 Å². The summed E-state index contributed by atoms with van der Waals surface area (Å²) < 4.78 is 5.13. The topological polar surface area (TPSA) is 128 Å². The Kier molecular flexibility index (Phi) is 4.73. The van der Waals surface area contributed by atoms with Crippen LogP contribution in [0.3, 0.4) is 0 Å². The summed E-state index contributed by atoms with van der Waals surface area (Å²) in [6, 6.07) is 0. The van der Waals surface area contributed by atoms with Crippen LogP contribution in [-0.2, 0) is 4.74 Å². The van der Waals surface area contributed by atoms with Crippen LogP contribution in [0.5, 0.6) is 0 Å². The van der Waals surface area contributed by atoms with E-state index in [1.807, 2.05) is 0 Å². The first kappa shape index (κ1) is 12.5. The van der Waals surface area contributed by atoms with Crippen molar-refractivity contribution >= 4 is 33.7 Å². The Hall–Kier alpha value is -1.61. The van der Waals surface area contributed by atoms with Gasteiger partial charge in [0.15, 0.2) is 5.82 Å². The normalized spacial score (nSPS) is 9.62. The minimum absolute atomic E-state index is 0.150. The van der Waals surface area contributed by atoms with E-state index in [0.29, 0.717) is 22.7 Å². The molecule has 0 bridgehead atoms. The van der Waals surface area contributed by atoms with Crippen LogP contribution in [0.25, 0.3) is 0 Å². The Morgan fingerprint density at radius 3 is 2.81 bits per heavy atom. The van der Waals surface area contributed by atoms with Crippen molar-refractivity contribution in [2.24, 2.45) is 11.6 Å². The second-order valence-electron chi connectivity index (χ2n) is 2.62. The van der Waals surface area contributed by atoms with E-state index in [9.17, 15) is 4.79 Å². The van der Waals surface area contributed by atoms with E-state index in [2.05, 4.69) is 41.4 Å². The van der Waals surface area contributed by atoms with Gasteiger partial charge in [-0.1, -0.05) is 0 Å². The smallest absolute Gasteiger partial charge is 0.404 e. The first-order valence-electron chi connectivity index (χ1n) is 4.28. The molecule has 1 rings (SSSR count). The molecular weight excluding hydrogens is 280 g/mol. The number of hydrogen-bond donors (Lipinski definition) is 4. The molecular formula is C7H11BrN6O2. The Bertz CT molecular complexity index is 374. The number of nitrogens with one attached hydrogen (secondary N) is 2. The summed E-state index contributed by atoms with van der Waals surface area (Å²) in [4.78, 5) is 18.1. The highest BCUT2D eigenvalue weighted by atomic mass is 79.9. The van der Waals surface area contributed by atoms with Gasteiger partial charge in [0.2, 0.25) is 0 Å². The lowest BCUT2D eigenvalue weighted by Crippen LogP contribution is -2.19. The van der Waals surface area contributed by atoms with E-state index in [0.717, 1.165) is 0 Å². The zero-order valence-electron chi connectivity index (χ0n) is 8.24. The molecule has 0 aliphatic carbocycles. The van der Waals surface area contributed by atoms with E-state index in [-0.39, 0.29) is 6.61 Å². The van der Waals surface area contributed by atoms with Crippen molar-refractivity contribution in [1.29, 1.82) is 0 Å². The largest absolute Gasteiger partial charge is 0.448 e. The number of primary amides is 1. The van der Waals surface area contributed by atoms with Crippen LogP contribution in [0.4, 0.5) is 16.4 Å². The highest BCUT2D eigenvalue weighted by Crippen LogP contribution is 2.25. The van der Waals surface area contributed by atoms with E-state index >= 15 is 0 Å². The molecule has 16 heavy (non-hydrogen) atoms. The van der Waals surface area contributed by atoms with Crippen LogP contribution in [0, 0.1) is 0 Å². The lowest BCUT2D eigenvalue weighted by Gasteiger charge is -2.09. The van der Waals surface area contributed by atoms with Crippen molar-refractivity contribution in [1.82, 2.24) is 9.97 Å². The SMILES string of the molecule is NNc1ncnc(NCCOC(N)=O)c1Br. The van der Waals surface area contributed by atoms with E-state index in [1.54, 1.807) is 0 Å². The van der Waals surface area contributed by atoms with Crippen LogP contribution in [0.15, 0.2) is 10.8 Å². The highest BCUT2D eigenvalue weighted by molar-refractivity contribution is 9.10. The number of aromatic nitrogens is 2. The molecule has 0 unspecified atom stereocenters. The second-order valence-corrected chi connectivity index (χ2v) is 3.42. The zero-order chi connectivity index (χ0) is 12.0. The molecule has 1 heterocycles. The molecule has 9 heteroatoms. The number of nitrogen functional groups attached to an aromatic ring is 1. The van der Waals surface area contributed by atoms with Crippen molar-refractivity contribution in [3.8, 4) is 0 Å². The van der Waals surface area contributed by atoms with Gasteiger partial charge in [-0.25, -0.2) is 20.6 Å². The van der Waals surface area contributed by atoms with Gasteiger partial charge in [0.05, 0.1) is 6.54 Å². The number of hydrazine groups is 1. The number of nitrogens with two attached hydrogens (primary N) is 2. The minimum atomic E-state index is -0.812. The van der Waals surface area contributed by atoms with Crippen molar-refractivity contribution in [2.75, 3.05) is 23.9 Å². The molecule has 0 aliphatic heterocycles. The highest BCUT2D eigenvalue weighted by Gasteiger charge is 2.06. The molecule has 0 saturated carbocycles. The lowest BCUT2D eigenvalue weighted by molar-refractivity contribution is 0.161. The molecule has 1 aromatic rings. The minimum Gasteiger partial charge on any atom is -0.448 e.